The van der Waals surface area contributed by atoms with Crippen LogP contribution in [0.25, 0.3) is 0 Å². The van der Waals surface area contributed by atoms with Crippen LogP contribution in [0.3, 0.4) is 0 Å². The van der Waals surface area contributed by atoms with Gasteiger partial charge in [0.2, 0.25) is 10.0 Å². The molecular formula is C21H25FN2O3S. The molecule has 0 aromatic heterocycles. The molecule has 0 unspecified atom stereocenters. The Morgan fingerprint density at radius 2 is 1.71 bits per heavy atom. The Bertz CT molecular complexity index is 938. The van der Waals surface area contributed by atoms with Crippen LogP contribution in [0.2, 0.25) is 0 Å². The van der Waals surface area contributed by atoms with Gasteiger partial charge in [0.1, 0.15) is 5.82 Å². The molecule has 1 heterocycles. The minimum Gasteiger partial charge on any atom is -0.337 e. The van der Waals surface area contributed by atoms with Crippen molar-refractivity contribution in [1.29, 1.82) is 0 Å². The van der Waals surface area contributed by atoms with Crippen molar-refractivity contribution >= 4 is 15.9 Å². The van der Waals surface area contributed by atoms with Crippen LogP contribution in [0.1, 0.15) is 41.6 Å². The van der Waals surface area contributed by atoms with Crippen molar-refractivity contribution in [2.75, 3.05) is 20.1 Å². The summed E-state index contributed by atoms with van der Waals surface area (Å²) in [6.07, 6.45) is 3.77. The second-order valence-electron chi connectivity index (χ2n) is 7.10. The maximum atomic E-state index is 13.9. The van der Waals surface area contributed by atoms with Gasteiger partial charge in [-0.2, -0.15) is 4.31 Å². The number of sulfonamides is 1. The van der Waals surface area contributed by atoms with Crippen molar-refractivity contribution in [3.63, 3.8) is 0 Å². The van der Waals surface area contributed by atoms with Crippen LogP contribution in [0, 0.1) is 5.82 Å². The van der Waals surface area contributed by atoms with E-state index in [1.54, 1.807) is 37.4 Å². The lowest BCUT2D eigenvalue weighted by molar-refractivity contribution is 0.0783. The van der Waals surface area contributed by atoms with Crippen LogP contribution < -0.4 is 0 Å². The molecule has 0 N–H and O–H groups in total. The molecule has 7 heteroatoms. The Balaban J connectivity index is 1.80. The van der Waals surface area contributed by atoms with Gasteiger partial charge < -0.3 is 4.90 Å². The van der Waals surface area contributed by atoms with Gasteiger partial charge in [-0.3, -0.25) is 4.79 Å². The normalized spacial score (nSPS) is 15.8. The van der Waals surface area contributed by atoms with Gasteiger partial charge in [0.15, 0.2) is 0 Å². The van der Waals surface area contributed by atoms with Crippen LogP contribution in [0.15, 0.2) is 53.4 Å². The Morgan fingerprint density at radius 3 is 2.39 bits per heavy atom. The largest absolute Gasteiger partial charge is 0.337 e. The number of rotatable bonds is 5. The fraction of sp³-hybridized carbons (Fsp3) is 0.381. The van der Waals surface area contributed by atoms with Gasteiger partial charge in [0.05, 0.1) is 4.90 Å². The van der Waals surface area contributed by atoms with Gasteiger partial charge in [-0.15, -0.1) is 0 Å². The van der Waals surface area contributed by atoms with Crippen molar-refractivity contribution in [2.24, 2.45) is 0 Å². The fourth-order valence-electron chi connectivity index (χ4n) is 3.40. The van der Waals surface area contributed by atoms with Gasteiger partial charge in [0, 0.05) is 37.8 Å². The van der Waals surface area contributed by atoms with Crippen molar-refractivity contribution in [3.05, 3.63) is 65.5 Å². The Morgan fingerprint density at radius 1 is 1.04 bits per heavy atom. The summed E-state index contributed by atoms with van der Waals surface area (Å²) in [6.45, 7) is 1.12. The molecule has 28 heavy (non-hydrogen) atoms. The van der Waals surface area contributed by atoms with E-state index >= 15 is 0 Å². The van der Waals surface area contributed by atoms with Gasteiger partial charge in [-0.05, 0) is 37.1 Å². The highest BCUT2D eigenvalue weighted by molar-refractivity contribution is 7.89. The topological polar surface area (TPSA) is 57.7 Å². The third kappa shape index (κ3) is 4.59. The summed E-state index contributed by atoms with van der Waals surface area (Å²) in [5.41, 5.74) is 0.682. The number of halogens is 1. The van der Waals surface area contributed by atoms with Crippen molar-refractivity contribution in [3.8, 4) is 0 Å². The molecule has 2 aromatic rings. The molecule has 5 nitrogen and oxygen atoms in total. The number of amides is 1. The lowest BCUT2D eigenvalue weighted by Gasteiger charge is -2.21. The molecule has 0 bridgehead atoms. The first-order valence-electron chi connectivity index (χ1n) is 9.48. The van der Waals surface area contributed by atoms with Crippen LogP contribution in [-0.4, -0.2) is 43.7 Å². The number of carbonyl (C=O) groups is 1. The quantitative estimate of drug-likeness (QED) is 0.764. The predicted octanol–water partition coefficient (Wildman–Crippen LogP) is 3.66. The van der Waals surface area contributed by atoms with Crippen molar-refractivity contribution < 1.29 is 17.6 Å². The number of carbonyl (C=O) groups excluding carboxylic acids is 1. The second-order valence-corrected chi connectivity index (χ2v) is 9.04. The first-order valence-corrected chi connectivity index (χ1v) is 10.9. The Hall–Kier alpha value is -2.25. The van der Waals surface area contributed by atoms with E-state index in [9.17, 15) is 17.6 Å². The van der Waals surface area contributed by atoms with Crippen molar-refractivity contribution in [2.45, 2.75) is 37.1 Å². The summed E-state index contributed by atoms with van der Waals surface area (Å²) in [4.78, 5) is 14.3. The standard InChI is InChI=1S/C21H25FN2O3S/c1-23(16-18-9-4-5-12-20(18)22)21(25)17-10-8-11-19(15-17)28(26,27)24-13-6-2-3-7-14-24/h4-5,8-12,15H,2-3,6-7,13-14,16H2,1H3. The van der Waals surface area contributed by atoms with E-state index in [1.807, 2.05) is 0 Å². The number of benzene rings is 2. The van der Waals surface area contributed by atoms with E-state index in [0.29, 0.717) is 18.7 Å². The molecule has 3 rings (SSSR count). The van der Waals surface area contributed by atoms with Gasteiger partial charge >= 0.3 is 0 Å². The van der Waals surface area contributed by atoms with Crippen LogP contribution in [0.4, 0.5) is 4.39 Å². The second kappa shape index (κ2) is 8.84. The summed E-state index contributed by atoms with van der Waals surface area (Å²) in [5.74, 6) is -0.726. The first-order chi connectivity index (χ1) is 13.4. The third-order valence-electron chi connectivity index (χ3n) is 5.00. The molecule has 1 aliphatic heterocycles. The lowest BCUT2D eigenvalue weighted by Crippen LogP contribution is -2.32. The maximum Gasteiger partial charge on any atom is 0.253 e. The zero-order valence-corrected chi connectivity index (χ0v) is 16.8. The van der Waals surface area contributed by atoms with Crippen molar-refractivity contribution in [1.82, 2.24) is 9.21 Å². The van der Waals surface area contributed by atoms with Gasteiger partial charge in [-0.1, -0.05) is 37.1 Å². The zero-order valence-electron chi connectivity index (χ0n) is 16.0. The molecular weight excluding hydrogens is 379 g/mol. The Labute approximate surface area is 165 Å². The van der Waals surface area contributed by atoms with Crippen LogP contribution >= 0.6 is 0 Å². The fourth-order valence-corrected chi connectivity index (χ4v) is 4.96. The average molecular weight is 405 g/mol. The predicted molar refractivity (Wildman–Crippen MR) is 106 cm³/mol. The molecule has 0 saturated carbocycles. The number of hydrogen-bond acceptors (Lipinski definition) is 3. The molecule has 0 spiro atoms. The van der Waals surface area contributed by atoms with E-state index in [4.69, 9.17) is 0 Å². The molecule has 150 valence electrons. The molecule has 1 aliphatic rings. The minimum atomic E-state index is -3.63. The molecule has 2 aromatic carbocycles. The van der Waals surface area contributed by atoms with E-state index in [-0.39, 0.29) is 28.7 Å². The maximum absolute atomic E-state index is 13.9. The highest BCUT2D eigenvalue weighted by Crippen LogP contribution is 2.22. The summed E-state index contributed by atoms with van der Waals surface area (Å²) < 4.78 is 41.3. The molecule has 1 amide bonds. The molecule has 0 atom stereocenters. The van der Waals surface area contributed by atoms with Crippen LogP contribution in [-0.2, 0) is 16.6 Å². The molecule has 0 aliphatic carbocycles. The summed E-state index contributed by atoms with van der Waals surface area (Å²) in [7, 11) is -2.06. The van der Waals surface area contributed by atoms with E-state index in [0.717, 1.165) is 25.7 Å². The number of hydrogen-bond donors (Lipinski definition) is 0. The van der Waals surface area contributed by atoms with E-state index < -0.39 is 10.0 Å². The summed E-state index contributed by atoms with van der Waals surface area (Å²) >= 11 is 0. The summed E-state index contributed by atoms with van der Waals surface area (Å²) in [6, 6.07) is 12.4. The number of nitrogens with zero attached hydrogens (tertiary/aromatic N) is 2. The summed E-state index contributed by atoms with van der Waals surface area (Å²) in [5, 5.41) is 0. The minimum absolute atomic E-state index is 0.106. The smallest absolute Gasteiger partial charge is 0.253 e. The Kier molecular flexibility index (Phi) is 6.46. The first kappa shape index (κ1) is 20.5. The highest BCUT2D eigenvalue weighted by Gasteiger charge is 2.26. The SMILES string of the molecule is CN(Cc1ccccc1F)C(=O)c1cccc(S(=O)(=O)N2CCCCCC2)c1. The van der Waals surface area contributed by atoms with Gasteiger partial charge in [-0.25, -0.2) is 12.8 Å². The van der Waals surface area contributed by atoms with E-state index in [1.165, 1.54) is 27.4 Å². The zero-order chi connectivity index (χ0) is 20.1. The monoisotopic (exact) mass is 404 g/mol. The lowest BCUT2D eigenvalue weighted by atomic mass is 10.1. The average Bonchev–Trinajstić information content (AvgIpc) is 2.99. The van der Waals surface area contributed by atoms with Gasteiger partial charge in [0.25, 0.3) is 5.91 Å². The van der Waals surface area contributed by atoms with Crippen LogP contribution in [0.5, 0.6) is 0 Å². The molecule has 1 saturated heterocycles. The molecule has 0 radical (unpaired) electrons. The third-order valence-corrected chi connectivity index (χ3v) is 6.89. The molecule has 1 fully saturated rings. The highest BCUT2D eigenvalue weighted by atomic mass is 32.2. The van der Waals surface area contributed by atoms with E-state index in [2.05, 4.69) is 0 Å².